The summed E-state index contributed by atoms with van der Waals surface area (Å²) in [6.45, 7) is 11.4. The van der Waals surface area contributed by atoms with Gasteiger partial charge in [-0.05, 0) is 44.1 Å². The molecule has 2 heterocycles. The molecule has 4 heteroatoms. The smallest absolute Gasteiger partial charge is 0.115 e. The van der Waals surface area contributed by atoms with Crippen LogP contribution in [0, 0.1) is 0 Å². The molecule has 0 aliphatic carbocycles. The van der Waals surface area contributed by atoms with Gasteiger partial charge in [-0.1, -0.05) is 27.2 Å². The Morgan fingerprint density at radius 1 is 1.09 bits per heavy atom. The van der Waals surface area contributed by atoms with Gasteiger partial charge in [0.15, 0.2) is 0 Å². The van der Waals surface area contributed by atoms with Crippen LogP contribution in [0.3, 0.4) is 0 Å². The molecule has 23 heavy (non-hydrogen) atoms. The van der Waals surface area contributed by atoms with Crippen LogP contribution in [0.25, 0.3) is 11.0 Å². The average molecular weight is 314 g/mol. The van der Waals surface area contributed by atoms with E-state index < -0.39 is 0 Å². The van der Waals surface area contributed by atoms with Crippen LogP contribution in [-0.4, -0.2) is 41.1 Å². The molecule has 0 amide bonds. The van der Waals surface area contributed by atoms with Crippen LogP contribution in [0.1, 0.15) is 45.9 Å². The van der Waals surface area contributed by atoms with Gasteiger partial charge in [0, 0.05) is 31.2 Å². The number of anilines is 1. The summed E-state index contributed by atoms with van der Waals surface area (Å²) >= 11 is 0. The molecular weight excluding hydrogens is 284 g/mol. The summed E-state index contributed by atoms with van der Waals surface area (Å²) < 4.78 is 2.43. The third-order valence-corrected chi connectivity index (χ3v) is 4.80. The molecule has 1 N–H and O–H groups in total. The van der Waals surface area contributed by atoms with Gasteiger partial charge in [-0.25, -0.2) is 4.98 Å². The third kappa shape index (κ3) is 3.52. The van der Waals surface area contributed by atoms with E-state index in [2.05, 4.69) is 53.8 Å². The van der Waals surface area contributed by atoms with Crippen LogP contribution in [0.2, 0.25) is 0 Å². The molecule has 1 aromatic heterocycles. The number of hydrogen-bond acceptors (Lipinski definition) is 3. The Morgan fingerprint density at radius 2 is 1.83 bits per heavy atom. The van der Waals surface area contributed by atoms with Crippen molar-refractivity contribution in [1.82, 2.24) is 14.5 Å². The van der Waals surface area contributed by atoms with Crippen molar-refractivity contribution < 1.29 is 0 Å². The van der Waals surface area contributed by atoms with E-state index in [0.717, 1.165) is 24.3 Å². The fourth-order valence-electron chi connectivity index (χ4n) is 3.51. The lowest BCUT2D eigenvalue weighted by atomic mass is 9.95. The third-order valence-electron chi connectivity index (χ3n) is 4.80. The Labute approximate surface area is 139 Å². The number of imidazole rings is 1. The summed E-state index contributed by atoms with van der Waals surface area (Å²) in [5.41, 5.74) is 3.53. The first kappa shape index (κ1) is 16.3. The van der Waals surface area contributed by atoms with Gasteiger partial charge < -0.3 is 14.8 Å². The maximum absolute atomic E-state index is 4.96. The summed E-state index contributed by atoms with van der Waals surface area (Å²) in [7, 11) is 1.96. The molecule has 1 saturated heterocycles. The van der Waals surface area contributed by atoms with Crippen molar-refractivity contribution in [3.8, 4) is 0 Å². The zero-order chi connectivity index (χ0) is 16.4. The molecular formula is C19H30N4. The topological polar surface area (TPSA) is 33.1 Å². The Balaban J connectivity index is 1.92. The zero-order valence-corrected chi connectivity index (χ0v) is 15.0. The molecule has 2 aromatic rings. The quantitative estimate of drug-likeness (QED) is 0.930. The molecule has 4 nitrogen and oxygen atoms in total. The molecule has 0 radical (unpaired) electrons. The lowest BCUT2D eigenvalue weighted by Crippen LogP contribution is -2.33. The first-order valence-electron chi connectivity index (χ1n) is 8.90. The second-order valence-corrected chi connectivity index (χ2v) is 7.69. The number of nitrogens with zero attached hydrogens (tertiary/aromatic N) is 3. The van der Waals surface area contributed by atoms with Gasteiger partial charge in [0.05, 0.1) is 11.0 Å². The van der Waals surface area contributed by atoms with Gasteiger partial charge in [-0.2, -0.15) is 0 Å². The number of hydrogen-bond donors (Lipinski definition) is 1. The lowest BCUT2D eigenvalue weighted by Gasteiger charge is -2.28. The molecule has 0 atom stereocenters. The summed E-state index contributed by atoms with van der Waals surface area (Å²) in [5, 5.41) is 3.21. The first-order valence-corrected chi connectivity index (χ1v) is 8.90. The van der Waals surface area contributed by atoms with Crippen molar-refractivity contribution in [2.45, 2.75) is 52.0 Å². The van der Waals surface area contributed by atoms with E-state index in [4.69, 9.17) is 4.98 Å². The minimum absolute atomic E-state index is 0.0563. The number of fused-ring (bicyclic) bond motifs is 1. The molecule has 126 valence electrons. The minimum Gasteiger partial charge on any atom is -0.388 e. The fraction of sp³-hybridized carbons (Fsp3) is 0.632. The number of benzene rings is 1. The van der Waals surface area contributed by atoms with Gasteiger partial charge in [0.2, 0.25) is 0 Å². The number of likely N-dealkylation sites (tertiary alicyclic amines) is 1. The highest BCUT2D eigenvalue weighted by molar-refractivity contribution is 5.80. The van der Waals surface area contributed by atoms with Gasteiger partial charge in [0.1, 0.15) is 5.82 Å². The van der Waals surface area contributed by atoms with Gasteiger partial charge in [0.25, 0.3) is 0 Å². The predicted octanol–water partition coefficient (Wildman–Crippen LogP) is 3.86. The standard InChI is InChI=1S/C19H30N4/c1-19(2,3)18-21-16-14-15(20-4)8-9-17(16)23(18)13-12-22-10-6-5-7-11-22/h8-9,14,20H,5-7,10-13H2,1-4H3. The van der Waals surface area contributed by atoms with Crippen molar-refractivity contribution in [1.29, 1.82) is 0 Å². The largest absolute Gasteiger partial charge is 0.388 e. The van der Waals surface area contributed by atoms with Gasteiger partial charge in [-0.3, -0.25) is 0 Å². The molecule has 1 fully saturated rings. The van der Waals surface area contributed by atoms with Gasteiger partial charge in [-0.15, -0.1) is 0 Å². The number of aromatic nitrogens is 2. The van der Waals surface area contributed by atoms with Crippen LogP contribution >= 0.6 is 0 Å². The Morgan fingerprint density at radius 3 is 2.48 bits per heavy atom. The van der Waals surface area contributed by atoms with E-state index in [-0.39, 0.29) is 5.41 Å². The lowest BCUT2D eigenvalue weighted by molar-refractivity contribution is 0.220. The van der Waals surface area contributed by atoms with Crippen molar-refractivity contribution in [2.24, 2.45) is 0 Å². The molecule has 0 spiro atoms. The fourth-order valence-corrected chi connectivity index (χ4v) is 3.51. The maximum atomic E-state index is 4.96. The van der Waals surface area contributed by atoms with Crippen molar-refractivity contribution in [2.75, 3.05) is 32.0 Å². The summed E-state index contributed by atoms with van der Waals surface area (Å²) in [6, 6.07) is 6.51. The van der Waals surface area contributed by atoms with Crippen molar-refractivity contribution in [3.05, 3.63) is 24.0 Å². The Kier molecular flexibility index (Phi) is 4.62. The number of nitrogens with one attached hydrogen (secondary N) is 1. The van der Waals surface area contributed by atoms with Gasteiger partial charge >= 0.3 is 0 Å². The minimum atomic E-state index is 0.0563. The molecule has 1 aliphatic rings. The number of rotatable bonds is 4. The zero-order valence-electron chi connectivity index (χ0n) is 15.0. The predicted molar refractivity (Wildman–Crippen MR) is 98.3 cm³/mol. The second-order valence-electron chi connectivity index (χ2n) is 7.69. The SMILES string of the molecule is CNc1ccc2c(c1)nc(C(C)(C)C)n2CCN1CCCCC1. The van der Waals surface area contributed by atoms with Crippen LogP contribution in [0.5, 0.6) is 0 Å². The molecule has 3 rings (SSSR count). The highest BCUT2D eigenvalue weighted by Crippen LogP contribution is 2.28. The molecule has 0 bridgehead atoms. The van der Waals surface area contributed by atoms with Crippen LogP contribution in [0.15, 0.2) is 18.2 Å². The average Bonchev–Trinajstić information content (AvgIpc) is 2.92. The van der Waals surface area contributed by atoms with E-state index in [1.54, 1.807) is 0 Å². The van der Waals surface area contributed by atoms with E-state index in [9.17, 15) is 0 Å². The number of piperidine rings is 1. The Bertz CT molecular complexity index is 660. The molecule has 1 aromatic carbocycles. The summed E-state index contributed by atoms with van der Waals surface area (Å²) in [6.07, 6.45) is 4.09. The monoisotopic (exact) mass is 314 g/mol. The maximum Gasteiger partial charge on any atom is 0.115 e. The summed E-state index contributed by atoms with van der Waals surface area (Å²) in [5.74, 6) is 1.19. The van der Waals surface area contributed by atoms with Crippen LogP contribution < -0.4 is 5.32 Å². The van der Waals surface area contributed by atoms with E-state index in [1.807, 2.05) is 7.05 Å². The van der Waals surface area contributed by atoms with Crippen molar-refractivity contribution >= 4 is 16.7 Å². The van der Waals surface area contributed by atoms with E-state index >= 15 is 0 Å². The van der Waals surface area contributed by atoms with Crippen LogP contribution in [-0.2, 0) is 12.0 Å². The van der Waals surface area contributed by atoms with Crippen LogP contribution in [0.4, 0.5) is 5.69 Å². The molecule has 0 unspecified atom stereocenters. The Hall–Kier alpha value is -1.55. The van der Waals surface area contributed by atoms with Crippen molar-refractivity contribution in [3.63, 3.8) is 0 Å². The highest BCUT2D eigenvalue weighted by Gasteiger charge is 2.23. The molecule has 1 aliphatic heterocycles. The highest BCUT2D eigenvalue weighted by atomic mass is 15.2. The molecule has 0 saturated carbocycles. The second kappa shape index (κ2) is 6.52. The normalized spacial score (nSPS) is 16.9. The van der Waals surface area contributed by atoms with E-state index in [0.29, 0.717) is 0 Å². The first-order chi connectivity index (χ1) is 11.0. The summed E-state index contributed by atoms with van der Waals surface area (Å²) in [4.78, 5) is 7.56. The van der Waals surface area contributed by atoms with E-state index in [1.165, 1.54) is 43.7 Å².